The standard InChI is InChI=1S/C15H19N3O/c1-10(2)15(19)8-18(9-15)14-12(7-16)6-11-4-3-5-13(11)17-14/h6,10,19H,3-5,8-9H2,1-2H3. The lowest BCUT2D eigenvalue weighted by atomic mass is 9.83. The monoisotopic (exact) mass is 257 g/mol. The first kappa shape index (κ1) is 12.4. The molecular formula is C15H19N3O. The highest BCUT2D eigenvalue weighted by Crippen LogP contribution is 2.35. The van der Waals surface area contributed by atoms with E-state index in [1.807, 2.05) is 24.8 Å². The summed E-state index contributed by atoms with van der Waals surface area (Å²) in [6, 6.07) is 4.23. The molecule has 4 nitrogen and oxygen atoms in total. The van der Waals surface area contributed by atoms with E-state index in [1.165, 1.54) is 5.56 Å². The van der Waals surface area contributed by atoms with Crippen LogP contribution in [-0.2, 0) is 12.8 Å². The van der Waals surface area contributed by atoms with Gasteiger partial charge in [0.2, 0.25) is 0 Å². The molecule has 1 fully saturated rings. The smallest absolute Gasteiger partial charge is 0.147 e. The van der Waals surface area contributed by atoms with Gasteiger partial charge in [-0.2, -0.15) is 5.26 Å². The van der Waals surface area contributed by atoms with Gasteiger partial charge in [0.15, 0.2) is 0 Å². The van der Waals surface area contributed by atoms with Crippen molar-refractivity contribution in [2.45, 2.75) is 38.7 Å². The molecule has 0 unspecified atom stereocenters. The molecule has 2 aliphatic rings. The lowest BCUT2D eigenvalue weighted by Crippen LogP contribution is -2.65. The van der Waals surface area contributed by atoms with E-state index in [0.717, 1.165) is 30.8 Å². The Morgan fingerprint density at radius 3 is 2.79 bits per heavy atom. The summed E-state index contributed by atoms with van der Waals surface area (Å²) in [5, 5.41) is 19.6. The Labute approximate surface area is 113 Å². The molecule has 100 valence electrons. The molecule has 1 N–H and O–H groups in total. The first-order valence-electron chi connectivity index (χ1n) is 6.94. The van der Waals surface area contributed by atoms with Gasteiger partial charge in [-0.25, -0.2) is 4.98 Å². The van der Waals surface area contributed by atoms with Crippen molar-refractivity contribution in [3.63, 3.8) is 0 Å². The van der Waals surface area contributed by atoms with Crippen LogP contribution in [0, 0.1) is 17.2 Å². The van der Waals surface area contributed by atoms with Crippen LogP contribution < -0.4 is 4.90 Å². The molecule has 2 heterocycles. The molecular weight excluding hydrogens is 238 g/mol. The van der Waals surface area contributed by atoms with Gasteiger partial charge in [-0.05, 0) is 36.8 Å². The lowest BCUT2D eigenvalue weighted by molar-refractivity contribution is -0.0304. The second-order valence-electron chi connectivity index (χ2n) is 6.05. The molecule has 1 aromatic heterocycles. The van der Waals surface area contributed by atoms with Crippen molar-refractivity contribution in [3.05, 3.63) is 22.9 Å². The van der Waals surface area contributed by atoms with Crippen LogP contribution in [0.1, 0.15) is 37.1 Å². The predicted octanol–water partition coefficient (Wildman–Crippen LogP) is 1.65. The maximum atomic E-state index is 10.3. The third-order valence-electron chi connectivity index (χ3n) is 4.45. The fourth-order valence-electron chi connectivity index (χ4n) is 2.91. The van der Waals surface area contributed by atoms with Crippen molar-refractivity contribution in [2.24, 2.45) is 5.92 Å². The number of fused-ring (bicyclic) bond motifs is 1. The average Bonchev–Trinajstić information content (AvgIpc) is 2.80. The van der Waals surface area contributed by atoms with Gasteiger partial charge in [-0.1, -0.05) is 13.8 Å². The lowest BCUT2D eigenvalue weighted by Gasteiger charge is -2.49. The Hall–Kier alpha value is -1.60. The molecule has 0 radical (unpaired) electrons. The summed E-state index contributed by atoms with van der Waals surface area (Å²) >= 11 is 0. The van der Waals surface area contributed by atoms with Crippen LogP contribution >= 0.6 is 0 Å². The van der Waals surface area contributed by atoms with Crippen molar-refractivity contribution in [1.29, 1.82) is 5.26 Å². The normalized spacial score (nSPS) is 20.1. The molecule has 3 rings (SSSR count). The van der Waals surface area contributed by atoms with Crippen LogP contribution in [0.25, 0.3) is 0 Å². The molecule has 0 atom stereocenters. The van der Waals surface area contributed by atoms with Crippen LogP contribution in [0.15, 0.2) is 6.07 Å². The zero-order valence-electron chi connectivity index (χ0n) is 11.5. The van der Waals surface area contributed by atoms with Gasteiger partial charge >= 0.3 is 0 Å². The van der Waals surface area contributed by atoms with E-state index in [4.69, 9.17) is 0 Å². The van der Waals surface area contributed by atoms with Crippen LogP contribution in [0.4, 0.5) is 5.82 Å². The van der Waals surface area contributed by atoms with Gasteiger partial charge in [0.05, 0.1) is 18.7 Å². The van der Waals surface area contributed by atoms with Crippen molar-refractivity contribution in [2.75, 3.05) is 18.0 Å². The second-order valence-corrected chi connectivity index (χ2v) is 6.05. The highest BCUT2D eigenvalue weighted by atomic mass is 16.3. The highest BCUT2D eigenvalue weighted by Gasteiger charge is 2.45. The minimum atomic E-state index is -0.632. The molecule has 4 heteroatoms. The first-order chi connectivity index (χ1) is 9.03. The van der Waals surface area contributed by atoms with Crippen LogP contribution in [0.3, 0.4) is 0 Å². The summed E-state index contributed by atoms with van der Waals surface area (Å²) in [4.78, 5) is 6.69. The van der Waals surface area contributed by atoms with E-state index in [0.29, 0.717) is 18.7 Å². The summed E-state index contributed by atoms with van der Waals surface area (Å²) in [6.45, 7) is 5.20. The van der Waals surface area contributed by atoms with Crippen LogP contribution in [0.5, 0.6) is 0 Å². The summed E-state index contributed by atoms with van der Waals surface area (Å²) in [5.74, 6) is 0.984. The summed E-state index contributed by atoms with van der Waals surface area (Å²) in [7, 11) is 0. The number of nitriles is 1. The second kappa shape index (κ2) is 4.21. The number of pyridine rings is 1. The number of hydrogen-bond donors (Lipinski definition) is 1. The number of hydrogen-bond acceptors (Lipinski definition) is 4. The number of nitrogens with zero attached hydrogens (tertiary/aromatic N) is 3. The van der Waals surface area contributed by atoms with Crippen LogP contribution in [-0.4, -0.2) is 28.8 Å². The van der Waals surface area contributed by atoms with E-state index in [-0.39, 0.29) is 5.92 Å². The summed E-state index contributed by atoms with van der Waals surface area (Å²) in [5.41, 5.74) is 2.37. The number of anilines is 1. The molecule has 0 bridgehead atoms. The Bertz CT molecular complexity index is 553. The molecule has 1 aliphatic carbocycles. The quantitative estimate of drug-likeness (QED) is 0.875. The van der Waals surface area contributed by atoms with E-state index in [1.54, 1.807) is 0 Å². The van der Waals surface area contributed by atoms with Gasteiger partial charge in [-0.15, -0.1) is 0 Å². The van der Waals surface area contributed by atoms with E-state index >= 15 is 0 Å². The Kier molecular flexibility index (Phi) is 2.75. The van der Waals surface area contributed by atoms with Crippen molar-refractivity contribution < 1.29 is 5.11 Å². The molecule has 1 aliphatic heterocycles. The molecule has 0 aromatic carbocycles. The van der Waals surface area contributed by atoms with Gasteiger partial charge in [0, 0.05) is 5.69 Å². The SMILES string of the molecule is CC(C)C1(O)CN(c2nc3c(cc2C#N)CCC3)C1. The van der Waals surface area contributed by atoms with Gasteiger partial charge in [-0.3, -0.25) is 0 Å². The predicted molar refractivity (Wildman–Crippen MR) is 73.0 cm³/mol. The molecule has 1 aromatic rings. The number of aliphatic hydroxyl groups is 1. The van der Waals surface area contributed by atoms with E-state index < -0.39 is 5.60 Å². The molecule has 1 saturated heterocycles. The average molecular weight is 257 g/mol. The van der Waals surface area contributed by atoms with Crippen molar-refractivity contribution in [1.82, 2.24) is 4.98 Å². The third kappa shape index (κ3) is 1.89. The van der Waals surface area contributed by atoms with E-state index in [9.17, 15) is 10.4 Å². The third-order valence-corrected chi connectivity index (χ3v) is 4.45. The maximum absolute atomic E-state index is 10.3. The molecule has 0 saturated carbocycles. The fourth-order valence-corrected chi connectivity index (χ4v) is 2.91. The molecule has 0 amide bonds. The zero-order chi connectivity index (χ0) is 13.6. The largest absolute Gasteiger partial charge is 0.386 e. The van der Waals surface area contributed by atoms with Crippen molar-refractivity contribution >= 4 is 5.82 Å². The topological polar surface area (TPSA) is 60.1 Å². The number of aryl methyl sites for hydroxylation is 2. The minimum Gasteiger partial charge on any atom is -0.386 e. The molecule has 19 heavy (non-hydrogen) atoms. The Balaban J connectivity index is 1.89. The van der Waals surface area contributed by atoms with Crippen LogP contribution in [0.2, 0.25) is 0 Å². The molecule has 0 spiro atoms. The summed E-state index contributed by atoms with van der Waals surface area (Å²) < 4.78 is 0. The fraction of sp³-hybridized carbons (Fsp3) is 0.600. The number of rotatable bonds is 2. The van der Waals surface area contributed by atoms with Gasteiger partial charge in [0.1, 0.15) is 17.5 Å². The van der Waals surface area contributed by atoms with Gasteiger partial charge < -0.3 is 10.0 Å². The Morgan fingerprint density at radius 2 is 2.16 bits per heavy atom. The van der Waals surface area contributed by atoms with E-state index in [2.05, 4.69) is 11.1 Å². The zero-order valence-corrected chi connectivity index (χ0v) is 11.5. The maximum Gasteiger partial charge on any atom is 0.147 e. The first-order valence-corrected chi connectivity index (χ1v) is 6.94. The van der Waals surface area contributed by atoms with Crippen molar-refractivity contribution in [3.8, 4) is 6.07 Å². The summed E-state index contributed by atoms with van der Waals surface area (Å²) in [6.07, 6.45) is 3.18. The Morgan fingerprint density at radius 1 is 1.42 bits per heavy atom. The highest BCUT2D eigenvalue weighted by molar-refractivity contribution is 5.59. The number of aromatic nitrogens is 1. The van der Waals surface area contributed by atoms with Gasteiger partial charge in [0.25, 0.3) is 0 Å². The minimum absolute atomic E-state index is 0.226. The number of β-amino-alcohol motifs (C(OH)–C–C–N with tert-alkyl or cyclic N) is 1.